The van der Waals surface area contributed by atoms with Gasteiger partial charge < -0.3 is 4.74 Å². The Morgan fingerprint density at radius 1 is 1.27 bits per heavy atom. The van der Waals surface area contributed by atoms with Crippen LogP contribution in [0.4, 0.5) is 0 Å². The van der Waals surface area contributed by atoms with E-state index < -0.39 is 0 Å². The molecule has 62 valence electrons. The molecule has 2 aliphatic carbocycles. The topological polar surface area (TPSA) is 36.6 Å². The quantitative estimate of drug-likeness (QED) is 0.557. The third kappa shape index (κ3) is 0.916. The minimum atomic E-state index is 0.285. The molecule has 5 atom stereocenters. The monoisotopic (exact) mass is 154 g/mol. The molecule has 5 unspecified atom stereocenters. The smallest absolute Gasteiger partial charge is 0.150 e. The Morgan fingerprint density at radius 2 is 2.18 bits per heavy atom. The molecule has 0 amide bonds. The molecule has 0 spiro atoms. The Hall–Kier alpha value is -0.120. The van der Waals surface area contributed by atoms with Gasteiger partial charge in [0.25, 0.3) is 0 Å². The lowest BCUT2D eigenvalue weighted by atomic mass is 9.93. The van der Waals surface area contributed by atoms with Crippen LogP contribution in [0.3, 0.4) is 0 Å². The molecule has 3 aliphatic rings. The molecule has 0 aromatic heterocycles. The van der Waals surface area contributed by atoms with E-state index in [4.69, 9.17) is 4.74 Å². The van der Waals surface area contributed by atoms with Crippen molar-refractivity contribution in [2.45, 2.75) is 31.3 Å². The van der Waals surface area contributed by atoms with Crippen molar-refractivity contribution in [2.75, 3.05) is 7.05 Å². The highest BCUT2D eigenvalue weighted by molar-refractivity contribution is 5.08. The van der Waals surface area contributed by atoms with E-state index in [1.54, 1.807) is 0 Å². The Bertz CT molecular complexity index is 185. The van der Waals surface area contributed by atoms with Crippen LogP contribution in [0, 0.1) is 11.8 Å². The van der Waals surface area contributed by atoms with Crippen LogP contribution < -0.4 is 10.6 Å². The van der Waals surface area contributed by atoms with Crippen molar-refractivity contribution in [3.8, 4) is 0 Å². The number of rotatable bonds is 3. The largest absolute Gasteiger partial charge is 0.337 e. The number of nitrogens with one attached hydrogen (secondary N) is 2. The van der Waals surface area contributed by atoms with Gasteiger partial charge >= 0.3 is 0 Å². The summed E-state index contributed by atoms with van der Waals surface area (Å²) in [5, 5.41) is 6.58. The minimum absolute atomic E-state index is 0.285. The summed E-state index contributed by atoms with van der Waals surface area (Å²) in [7, 11) is 1.94. The maximum atomic E-state index is 5.32. The zero-order chi connectivity index (χ0) is 7.42. The summed E-state index contributed by atoms with van der Waals surface area (Å²) in [5.74, 6) is 2.09. The molecule has 0 bridgehead atoms. The lowest BCUT2D eigenvalue weighted by molar-refractivity contribution is 0.257. The first-order valence-electron chi connectivity index (χ1n) is 4.47. The van der Waals surface area contributed by atoms with Gasteiger partial charge in [0.2, 0.25) is 0 Å². The fourth-order valence-corrected chi connectivity index (χ4v) is 2.20. The molecule has 3 rings (SSSR count). The summed E-state index contributed by atoms with van der Waals surface area (Å²) in [5.41, 5.74) is 0. The maximum absolute atomic E-state index is 5.32. The molecule has 3 nitrogen and oxygen atoms in total. The molecule has 11 heavy (non-hydrogen) atoms. The highest BCUT2D eigenvalue weighted by Gasteiger charge is 2.55. The Morgan fingerprint density at radius 3 is 2.64 bits per heavy atom. The summed E-state index contributed by atoms with van der Waals surface area (Å²) < 4.78 is 5.32. The third-order valence-corrected chi connectivity index (χ3v) is 3.21. The van der Waals surface area contributed by atoms with Crippen LogP contribution in [-0.2, 0) is 4.74 Å². The molecule has 1 saturated heterocycles. The van der Waals surface area contributed by atoms with Gasteiger partial charge in [0.05, 0.1) is 0 Å². The summed E-state index contributed by atoms with van der Waals surface area (Å²) in [6.07, 6.45) is 3.45. The first kappa shape index (κ1) is 6.40. The number of ether oxygens (including phenoxy) is 1. The standard InChI is InChI=1S/C8H14N2O/c1-9-7-8(11-7)10-6-3-4-2-5(4)6/h4-10H,2-3H2,1H3. The van der Waals surface area contributed by atoms with E-state index in [1.165, 1.54) is 12.8 Å². The van der Waals surface area contributed by atoms with Gasteiger partial charge in [-0.1, -0.05) is 0 Å². The fraction of sp³-hybridized carbons (Fsp3) is 1.00. The molecular weight excluding hydrogens is 140 g/mol. The van der Waals surface area contributed by atoms with Crippen molar-refractivity contribution in [1.29, 1.82) is 0 Å². The fourth-order valence-electron chi connectivity index (χ4n) is 2.20. The molecule has 3 heteroatoms. The van der Waals surface area contributed by atoms with Crippen LogP contribution in [0.25, 0.3) is 0 Å². The number of epoxide rings is 1. The highest BCUT2D eigenvalue weighted by Crippen LogP contribution is 2.55. The lowest BCUT2D eigenvalue weighted by Gasteiger charge is -2.24. The van der Waals surface area contributed by atoms with E-state index >= 15 is 0 Å². The second-order valence-electron chi connectivity index (χ2n) is 3.93. The second kappa shape index (κ2) is 1.97. The van der Waals surface area contributed by atoms with Crippen LogP contribution in [0.5, 0.6) is 0 Å². The van der Waals surface area contributed by atoms with E-state index in [2.05, 4.69) is 10.6 Å². The van der Waals surface area contributed by atoms with Crippen LogP contribution in [0.15, 0.2) is 0 Å². The van der Waals surface area contributed by atoms with Crippen LogP contribution >= 0.6 is 0 Å². The number of fused-ring (bicyclic) bond motifs is 1. The van der Waals surface area contributed by atoms with Crippen LogP contribution in [0.2, 0.25) is 0 Å². The van der Waals surface area contributed by atoms with Gasteiger partial charge in [-0.15, -0.1) is 0 Å². The normalized spacial score (nSPS) is 58.1. The maximum Gasteiger partial charge on any atom is 0.150 e. The molecule has 0 aromatic carbocycles. The van der Waals surface area contributed by atoms with Gasteiger partial charge in [-0.2, -0.15) is 0 Å². The van der Waals surface area contributed by atoms with E-state index in [0.29, 0.717) is 6.23 Å². The number of hydrogen-bond acceptors (Lipinski definition) is 3. The lowest BCUT2D eigenvalue weighted by Crippen LogP contribution is -2.41. The minimum Gasteiger partial charge on any atom is -0.337 e. The molecular formula is C8H14N2O. The summed E-state index contributed by atoms with van der Waals surface area (Å²) in [6.45, 7) is 0. The van der Waals surface area contributed by atoms with Crippen LogP contribution in [0.1, 0.15) is 12.8 Å². The zero-order valence-corrected chi connectivity index (χ0v) is 6.71. The Labute approximate surface area is 66.5 Å². The Kier molecular flexibility index (Phi) is 1.15. The molecule has 2 N–H and O–H groups in total. The predicted octanol–water partition coefficient (Wildman–Crippen LogP) is -0.114. The van der Waals surface area contributed by atoms with Gasteiger partial charge in [0, 0.05) is 6.04 Å². The zero-order valence-electron chi connectivity index (χ0n) is 6.71. The number of likely N-dealkylation sites (N-methyl/N-ethyl adjacent to an activating group) is 1. The van der Waals surface area contributed by atoms with E-state index in [9.17, 15) is 0 Å². The third-order valence-electron chi connectivity index (χ3n) is 3.21. The van der Waals surface area contributed by atoms with Crippen molar-refractivity contribution < 1.29 is 4.74 Å². The van der Waals surface area contributed by atoms with Crippen molar-refractivity contribution in [2.24, 2.45) is 11.8 Å². The van der Waals surface area contributed by atoms with Gasteiger partial charge in [-0.25, -0.2) is 0 Å². The van der Waals surface area contributed by atoms with E-state index in [-0.39, 0.29) is 6.23 Å². The average Bonchev–Trinajstić information content (AvgIpc) is 2.81. The average molecular weight is 154 g/mol. The van der Waals surface area contributed by atoms with Crippen LogP contribution in [-0.4, -0.2) is 25.5 Å². The first-order valence-corrected chi connectivity index (χ1v) is 4.47. The molecule has 1 heterocycles. The van der Waals surface area contributed by atoms with E-state index in [0.717, 1.165) is 17.9 Å². The molecule has 2 saturated carbocycles. The molecule has 3 fully saturated rings. The van der Waals surface area contributed by atoms with Crippen molar-refractivity contribution in [3.05, 3.63) is 0 Å². The van der Waals surface area contributed by atoms with Gasteiger partial charge in [0.15, 0.2) is 6.23 Å². The van der Waals surface area contributed by atoms with Gasteiger partial charge in [-0.3, -0.25) is 10.6 Å². The predicted molar refractivity (Wildman–Crippen MR) is 40.9 cm³/mol. The SMILES string of the molecule is CNC1OC1NC1CC2CC21. The van der Waals surface area contributed by atoms with Gasteiger partial charge in [0.1, 0.15) is 6.23 Å². The number of hydrogen-bond donors (Lipinski definition) is 2. The molecule has 1 aliphatic heterocycles. The van der Waals surface area contributed by atoms with Crippen molar-refractivity contribution in [3.63, 3.8) is 0 Å². The molecule has 0 radical (unpaired) electrons. The van der Waals surface area contributed by atoms with Crippen molar-refractivity contribution >= 4 is 0 Å². The Balaban J connectivity index is 1.46. The van der Waals surface area contributed by atoms with E-state index in [1.807, 2.05) is 7.05 Å². The van der Waals surface area contributed by atoms with Crippen molar-refractivity contribution in [1.82, 2.24) is 10.6 Å². The molecule has 0 aromatic rings. The summed E-state index contributed by atoms with van der Waals surface area (Å²) >= 11 is 0. The second-order valence-corrected chi connectivity index (χ2v) is 3.93. The summed E-state index contributed by atoms with van der Waals surface area (Å²) in [6, 6.07) is 0.781. The highest BCUT2D eigenvalue weighted by atomic mass is 16.6. The summed E-state index contributed by atoms with van der Waals surface area (Å²) in [4.78, 5) is 0. The van der Waals surface area contributed by atoms with Gasteiger partial charge in [-0.05, 0) is 31.7 Å². The first-order chi connectivity index (χ1) is 5.38.